The Kier molecular flexibility index (Phi) is 5.74. The number of hydrogen-bond donors (Lipinski definition) is 0. The van der Waals surface area contributed by atoms with Crippen molar-refractivity contribution in [1.82, 2.24) is 0 Å². The third-order valence-corrected chi connectivity index (χ3v) is 1.07. The Balaban J connectivity index is 3.65. The lowest BCUT2D eigenvalue weighted by Crippen LogP contribution is -1.73. The maximum absolute atomic E-state index is 4.17. The van der Waals surface area contributed by atoms with Crippen LogP contribution in [0.3, 0.4) is 0 Å². The van der Waals surface area contributed by atoms with Crippen molar-refractivity contribution < 1.29 is 0 Å². The van der Waals surface area contributed by atoms with Crippen LogP contribution in [0.5, 0.6) is 0 Å². The van der Waals surface area contributed by atoms with Crippen LogP contribution in [0.25, 0.3) is 0 Å². The van der Waals surface area contributed by atoms with Crippen molar-refractivity contribution >= 4 is 6.21 Å². The summed E-state index contributed by atoms with van der Waals surface area (Å²) in [7, 11) is 0. The summed E-state index contributed by atoms with van der Waals surface area (Å²) >= 11 is 0. The maximum atomic E-state index is 4.17. The molecule has 0 aromatic carbocycles. The molecule has 0 atom stereocenters. The summed E-state index contributed by atoms with van der Waals surface area (Å²) in [6, 6.07) is 0. The van der Waals surface area contributed by atoms with E-state index in [1.165, 1.54) is 0 Å². The highest BCUT2D eigenvalue weighted by atomic mass is 14.7. The van der Waals surface area contributed by atoms with Gasteiger partial charge in [-0.2, -0.15) is 0 Å². The van der Waals surface area contributed by atoms with Gasteiger partial charge < -0.3 is 0 Å². The van der Waals surface area contributed by atoms with Gasteiger partial charge in [-0.25, -0.2) is 0 Å². The molecule has 0 aromatic heterocycles. The van der Waals surface area contributed by atoms with E-state index in [9.17, 15) is 0 Å². The van der Waals surface area contributed by atoms with Gasteiger partial charge in [0.15, 0.2) is 0 Å². The Labute approximate surface area is 63.2 Å². The van der Waals surface area contributed by atoms with Crippen LogP contribution < -0.4 is 0 Å². The largest absolute Gasteiger partial charge is 0.266 e. The summed E-state index contributed by atoms with van der Waals surface area (Å²) in [5.41, 5.74) is 1.02. The topological polar surface area (TPSA) is 12.4 Å². The van der Waals surface area contributed by atoms with E-state index in [2.05, 4.69) is 18.5 Å². The molecule has 0 bridgehead atoms. The van der Waals surface area contributed by atoms with Crippen molar-refractivity contribution in [2.24, 2.45) is 4.99 Å². The minimum absolute atomic E-state index is 1.02. The van der Waals surface area contributed by atoms with Gasteiger partial charge in [-0.1, -0.05) is 26.0 Å². The number of rotatable bonds is 4. The van der Waals surface area contributed by atoms with Crippen LogP contribution in [-0.4, -0.2) is 6.21 Å². The van der Waals surface area contributed by atoms with Gasteiger partial charge in [-0.15, -0.1) is 0 Å². The van der Waals surface area contributed by atoms with Gasteiger partial charge in [0.1, 0.15) is 0 Å². The molecule has 0 saturated heterocycles. The molecule has 56 valence electrons. The second kappa shape index (κ2) is 6.27. The van der Waals surface area contributed by atoms with Gasteiger partial charge in [-0.3, -0.25) is 4.99 Å². The van der Waals surface area contributed by atoms with E-state index < -0.39 is 0 Å². The molecule has 10 heavy (non-hydrogen) atoms. The molecule has 1 heteroatoms. The summed E-state index contributed by atoms with van der Waals surface area (Å²) in [5, 5.41) is 0. The molecule has 0 rings (SSSR count). The van der Waals surface area contributed by atoms with E-state index in [-0.39, 0.29) is 0 Å². The molecule has 0 fully saturated rings. The van der Waals surface area contributed by atoms with Crippen LogP contribution in [0.2, 0.25) is 0 Å². The second-order valence-electron chi connectivity index (χ2n) is 2.14. The average molecular weight is 137 g/mol. The zero-order valence-corrected chi connectivity index (χ0v) is 6.80. The standard InChI is InChI=1S/C9H15N/c1-4-6-8-10-9(3)7-5-2/h5,7-8H,2,4,6H2,1,3H3/b9-7+,10-8?. The van der Waals surface area contributed by atoms with Crippen LogP contribution in [0.4, 0.5) is 0 Å². The van der Waals surface area contributed by atoms with Crippen LogP contribution >= 0.6 is 0 Å². The van der Waals surface area contributed by atoms with Gasteiger partial charge in [-0.05, 0) is 19.4 Å². The van der Waals surface area contributed by atoms with Crippen LogP contribution in [0.1, 0.15) is 26.7 Å². The van der Waals surface area contributed by atoms with Gasteiger partial charge >= 0.3 is 0 Å². The van der Waals surface area contributed by atoms with Crippen LogP contribution in [0.15, 0.2) is 29.4 Å². The predicted octanol–water partition coefficient (Wildman–Crippen LogP) is 2.95. The summed E-state index contributed by atoms with van der Waals surface area (Å²) in [5.74, 6) is 0. The Morgan fingerprint density at radius 1 is 1.60 bits per heavy atom. The molecule has 0 amide bonds. The van der Waals surface area contributed by atoms with Crippen LogP contribution in [0, 0.1) is 0 Å². The number of unbranched alkanes of at least 4 members (excludes halogenated alkanes) is 1. The summed E-state index contributed by atoms with van der Waals surface area (Å²) in [4.78, 5) is 4.17. The molecule has 0 aromatic rings. The SMILES string of the molecule is C=C/C=C(\C)N=CCCC. The first-order chi connectivity index (χ1) is 4.81. The maximum Gasteiger partial charge on any atom is 0.0368 e. The molecule has 0 unspecified atom stereocenters. The molecule has 0 saturated carbocycles. The molecule has 0 heterocycles. The molecule has 0 radical (unpaired) electrons. The van der Waals surface area contributed by atoms with E-state index in [0.717, 1.165) is 18.5 Å². The zero-order chi connectivity index (χ0) is 7.82. The first kappa shape index (κ1) is 9.15. The summed E-state index contributed by atoms with van der Waals surface area (Å²) in [6.07, 6.45) is 7.80. The lowest BCUT2D eigenvalue weighted by Gasteiger charge is -1.87. The van der Waals surface area contributed by atoms with Gasteiger partial charge in [0.25, 0.3) is 0 Å². The minimum atomic E-state index is 1.02. The van der Waals surface area contributed by atoms with Crippen molar-refractivity contribution in [3.63, 3.8) is 0 Å². The third-order valence-electron chi connectivity index (χ3n) is 1.07. The normalized spacial score (nSPS) is 12.4. The Morgan fingerprint density at radius 2 is 2.30 bits per heavy atom. The first-order valence-corrected chi connectivity index (χ1v) is 3.63. The third kappa shape index (κ3) is 5.29. The van der Waals surface area contributed by atoms with Crippen molar-refractivity contribution in [2.45, 2.75) is 26.7 Å². The average Bonchev–Trinajstić information content (AvgIpc) is 1.89. The molecule has 0 aliphatic carbocycles. The molecular weight excluding hydrogens is 122 g/mol. The second-order valence-corrected chi connectivity index (χ2v) is 2.14. The lowest BCUT2D eigenvalue weighted by molar-refractivity contribution is 1.00. The van der Waals surface area contributed by atoms with Gasteiger partial charge in [0, 0.05) is 11.9 Å². The van der Waals surface area contributed by atoms with Crippen molar-refractivity contribution in [1.29, 1.82) is 0 Å². The number of nitrogens with zero attached hydrogens (tertiary/aromatic N) is 1. The highest BCUT2D eigenvalue weighted by molar-refractivity contribution is 5.58. The summed E-state index contributed by atoms with van der Waals surface area (Å²) in [6.45, 7) is 7.68. The van der Waals surface area contributed by atoms with E-state index in [1.54, 1.807) is 6.08 Å². The van der Waals surface area contributed by atoms with Crippen molar-refractivity contribution in [3.8, 4) is 0 Å². The quantitative estimate of drug-likeness (QED) is 0.417. The molecule has 0 N–H and O–H groups in total. The zero-order valence-electron chi connectivity index (χ0n) is 6.80. The molecule has 0 aliphatic heterocycles. The molecule has 0 aliphatic rings. The van der Waals surface area contributed by atoms with E-state index in [4.69, 9.17) is 0 Å². The van der Waals surface area contributed by atoms with E-state index >= 15 is 0 Å². The van der Waals surface area contributed by atoms with E-state index in [0.29, 0.717) is 0 Å². The number of aliphatic imine (C=N–C) groups is 1. The lowest BCUT2D eigenvalue weighted by atomic mass is 10.3. The molecule has 1 nitrogen and oxygen atoms in total. The van der Waals surface area contributed by atoms with Gasteiger partial charge in [0.2, 0.25) is 0 Å². The van der Waals surface area contributed by atoms with Crippen LogP contribution in [-0.2, 0) is 0 Å². The molecular formula is C9H15N. The fourth-order valence-electron chi connectivity index (χ4n) is 0.551. The predicted molar refractivity (Wildman–Crippen MR) is 47.4 cm³/mol. The number of allylic oxidation sites excluding steroid dienone is 3. The fraction of sp³-hybridized carbons (Fsp3) is 0.444. The smallest absolute Gasteiger partial charge is 0.0368 e. The van der Waals surface area contributed by atoms with Crippen molar-refractivity contribution in [3.05, 3.63) is 24.4 Å². The minimum Gasteiger partial charge on any atom is -0.266 e. The molecule has 0 spiro atoms. The monoisotopic (exact) mass is 137 g/mol. The summed E-state index contributed by atoms with van der Waals surface area (Å²) < 4.78 is 0. The van der Waals surface area contributed by atoms with Crippen molar-refractivity contribution in [2.75, 3.05) is 0 Å². The number of hydrogen-bond acceptors (Lipinski definition) is 1. The fourth-order valence-corrected chi connectivity index (χ4v) is 0.551. The van der Waals surface area contributed by atoms with Gasteiger partial charge in [0.05, 0.1) is 0 Å². The first-order valence-electron chi connectivity index (χ1n) is 3.63. The Bertz CT molecular complexity index is 143. The Morgan fingerprint density at radius 3 is 2.80 bits per heavy atom. The highest BCUT2D eigenvalue weighted by Crippen LogP contribution is 1.93. The Hall–Kier alpha value is -0.850. The highest BCUT2D eigenvalue weighted by Gasteiger charge is 1.77. The van der Waals surface area contributed by atoms with E-state index in [1.807, 2.05) is 19.2 Å².